The smallest absolute Gasteiger partial charge is 0.113 e. The highest BCUT2D eigenvalue weighted by Gasteiger charge is 2.15. The molecule has 106 valence electrons. The van der Waals surface area contributed by atoms with Gasteiger partial charge in [0.15, 0.2) is 0 Å². The molecule has 0 amide bonds. The second kappa shape index (κ2) is 6.59. The molecule has 0 saturated heterocycles. The first-order valence-electron chi connectivity index (χ1n) is 6.89. The largest absolute Gasteiger partial charge is 0.244 e. The molecule has 4 heteroatoms. The molecule has 3 rings (SSSR count). The van der Waals surface area contributed by atoms with Crippen molar-refractivity contribution in [3.63, 3.8) is 0 Å². The molecular weight excluding hydrogens is 278 g/mol. The zero-order chi connectivity index (χ0) is 14.5. The van der Waals surface area contributed by atoms with E-state index >= 15 is 0 Å². The first kappa shape index (κ1) is 13.9. The van der Waals surface area contributed by atoms with Crippen molar-refractivity contribution in [2.24, 2.45) is 0 Å². The lowest BCUT2D eigenvalue weighted by Gasteiger charge is -2.15. The minimum atomic E-state index is 0.214. The van der Waals surface area contributed by atoms with Crippen LogP contribution < -0.4 is 0 Å². The molecule has 1 aromatic heterocycles. The third kappa shape index (κ3) is 3.16. The van der Waals surface area contributed by atoms with Crippen LogP contribution in [0, 0.1) is 0 Å². The molecule has 1 heterocycles. The van der Waals surface area contributed by atoms with Crippen molar-refractivity contribution in [3.05, 3.63) is 72.4 Å². The molecule has 0 radical (unpaired) electrons. The number of benzene rings is 2. The molecule has 1 unspecified atom stereocenters. The van der Waals surface area contributed by atoms with E-state index in [0.717, 1.165) is 17.0 Å². The first-order chi connectivity index (χ1) is 10.4. The van der Waals surface area contributed by atoms with Gasteiger partial charge in [-0.3, -0.25) is 0 Å². The predicted molar refractivity (Wildman–Crippen MR) is 88.4 cm³/mol. The minimum Gasteiger partial charge on any atom is -0.244 e. The Morgan fingerprint density at radius 2 is 1.67 bits per heavy atom. The fourth-order valence-corrected chi connectivity index (χ4v) is 2.99. The number of hydrogen-bond donors (Lipinski definition) is 0. The highest BCUT2D eigenvalue weighted by atomic mass is 32.2. The van der Waals surface area contributed by atoms with E-state index in [1.54, 1.807) is 0 Å². The van der Waals surface area contributed by atoms with Crippen LogP contribution in [0.3, 0.4) is 0 Å². The fraction of sp³-hybridized carbons (Fsp3) is 0.176. The Kier molecular flexibility index (Phi) is 4.36. The molecule has 21 heavy (non-hydrogen) atoms. The Balaban J connectivity index is 1.93. The van der Waals surface area contributed by atoms with Crippen LogP contribution in [0.4, 0.5) is 0 Å². The van der Waals surface area contributed by atoms with E-state index in [-0.39, 0.29) is 6.04 Å². The highest BCUT2D eigenvalue weighted by Crippen LogP contribution is 2.23. The van der Waals surface area contributed by atoms with E-state index in [0.29, 0.717) is 0 Å². The van der Waals surface area contributed by atoms with Crippen LogP contribution in [0.2, 0.25) is 0 Å². The summed E-state index contributed by atoms with van der Waals surface area (Å²) in [5.41, 5.74) is 3.27. The molecule has 3 nitrogen and oxygen atoms in total. The molecule has 3 aromatic rings. The highest BCUT2D eigenvalue weighted by molar-refractivity contribution is 7.98. The lowest BCUT2D eigenvalue weighted by molar-refractivity contribution is 0.550. The topological polar surface area (TPSA) is 30.7 Å². The van der Waals surface area contributed by atoms with Crippen LogP contribution in [0.25, 0.3) is 11.3 Å². The van der Waals surface area contributed by atoms with Crippen molar-refractivity contribution >= 4 is 11.8 Å². The van der Waals surface area contributed by atoms with E-state index < -0.39 is 0 Å². The molecule has 0 spiro atoms. The second-order valence-electron chi connectivity index (χ2n) is 4.83. The molecule has 2 aromatic carbocycles. The summed E-state index contributed by atoms with van der Waals surface area (Å²) < 4.78 is 1.97. The third-order valence-corrected chi connectivity index (χ3v) is 4.06. The number of thioether (sulfide) groups is 1. The standard InChI is InChI=1S/C17H17N3S/c1-21-13-17(15-10-6-3-7-11-15)20-12-16(18-19-20)14-8-4-2-5-9-14/h2-12,17H,13H2,1H3. The number of hydrogen-bond acceptors (Lipinski definition) is 3. The van der Waals surface area contributed by atoms with Crippen molar-refractivity contribution in [1.82, 2.24) is 15.0 Å². The van der Waals surface area contributed by atoms with Gasteiger partial charge >= 0.3 is 0 Å². The van der Waals surface area contributed by atoms with Gasteiger partial charge in [0.2, 0.25) is 0 Å². The van der Waals surface area contributed by atoms with E-state index in [1.807, 2.05) is 46.9 Å². The predicted octanol–water partition coefficient (Wildman–Crippen LogP) is 3.90. The molecule has 0 bridgehead atoms. The van der Waals surface area contributed by atoms with Gasteiger partial charge in [0, 0.05) is 11.3 Å². The summed E-state index contributed by atoms with van der Waals surface area (Å²) in [4.78, 5) is 0. The minimum absolute atomic E-state index is 0.214. The maximum absolute atomic E-state index is 4.34. The quantitative estimate of drug-likeness (QED) is 0.715. The van der Waals surface area contributed by atoms with Gasteiger partial charge in [-0.15, -0.1) is 5.10 Å². The fourth-order valence-electron chi connectivity index (χ4n) is 2.33. The van der Waals surface area contributed by atoms with Crippen LogP contribution in [0.15, 0.2) is 66.9 Å². The van der Waals surface area contributed by atoms with Gasteiger partial charge in [-0.05, 0) is 11.8 Å². The Morgan fingerprint density at radius 3 is 2.33 bits per heavy atom. The summed E-state index contributed by atoms with van der Waals surface area (Å²) in [7, 11) is 0. The lowest BCUT2D eigenvalue weighted by atomic mass is 10.1. The number of aromatic nitrogens is 3. The summed E-state index contributed by atoms with van der Waals surface area (Å²) in [5, 5.41) is 8.66. The van der Waals surface area contributed by atoms with Gasteiger partial charge in [0.1, 0.15) is 5.69 Å². The SMILES string of the molecule is CSCC(c1ccccc1)n1cc(-c2ccccc2)nn1. The van der Waals surface area contributed by atoms with Crippen LogP contribution in [-0.2, 0) is 0 Å². The summed E-state index contributed by atoms with van der Waals surface area (Å²) in [6.07, 6.45) is 4.15. The van der Waals surface area contributed by atoms with Gasteiger partial charge in [-0.1, -0.05) is 65.9 Å². The lowest BCUT2D eigenvalue weighted by Crippen LogP contribution is -2.13. The summed E-state index contributed by atoms with van der Waals surface area (Å²) in [6.45, 7) is 0. The van der Waals surface area contributed by atoms with E-state index in [9.17, 15) is 0 Å². The Morgan fingerprint density at radius 1 is 1.00 bits per heavy atom. The summed E-state index contributed by atoms with van der Waals surface area (Å²) in [6, 6.07) is 20.8. The molecule has 0 aliphatic carbocycles. The van der Waals surface area contributed by atoms with Crippen molar-refractivity contribution in [3.8, 4) is 11.3 Å². The zero-order valence-electron chi connectivity index (χ0n) is 11.9. The molecule has 0 N–H and O–H groups in total. The Labute approximate surface area is 129 Å². The number of rotatable bonds is 5. The van der Waals surface area contributed by atoms with Crippen molar-refractivity contribution < 1.29 is 0 Å². The summed E-state index contributed by atoms with van der Waals surface area (Å²) in [5.74, 6) is 0.974. The van der Waals surface area contributed by atoms with Gasteiger partial charge in [-0.25, -0.2) is 4.68 Å². The van der Waals surface area contributed by atoms with E-state index in [4.69, 9.17) is 0 Å². The monoisotopic (exact) mass is 295 g/mol. The van der Waals surface area contributed by atoms with E-state index in [2.05, 4.69) is 53.0 Å². The average Bonchev–Trinajstić information content (AvgIpc) is 3.04. The summed E-state index contributed by atoms with van der Waals surface area (Å²) >= 11 is 1.82. The molecular formula is C17H17N3S. The second-order valence-corrected chi connectivity index (χ2v) is 5.74. The Hall–Kier alpha value is -2.07. The molecule has 0 aliphatic heterocycles. The van der Waals surface area contributed by atoms with Crippen molar-refractivity contribution in [2.75, 3.05) is 12.0 Å². The first-order valence-corrected chi connectivity index (χ1v) is 8.29. The van der Waals surface area contributed by atoms with Gasteiger partial charge in [0.25, 0.3) is 0 Å². The molecule has 0 saturated carbocycles. The van der Waals surface area contributed by atoms with Crippen LogP contribution >= 0.6 is 11.8 Å². The van der Waals surface area contributed by atoms with Crippen LogP contribution in [-0.4, -0.2) is 27.0 Å². The zero-order valence-corrected chi connectivity index (χ0v) is 12.7. The van der Waals surface area contributed by atoms with Crippen molar-refractivity contribution in [1.29, 1.82) is 0 Å². The molecule has 0 fully saturated rings. The third-order valence-electron chi connectivity index (χ3n) is 3.41. The van der Waals surface area contributed by atoms with Gasteiger partial charge in [0.05, 0.1) is 12.2 Å². The molecule has 0 aliphatic rings. The maximum Gasteiger partial charge on any atom is 0.113 e. The maximum atomic E-state index is 4.34. The average molecular weight is 295 g/mol. The number of nitrogens with zero attached hydrogens (tertiary/aromatic N) is 3. The van der Waals surface area contributed by atoms with Gasteiger partial charge < -0.3 is 0 Å². The normalized spacial score (nSPS) is 12.2. The van der Waals surface area contributed by atoms with E-state index in [1.165, 1.54) is 5.56 Å². The van der Waals surface area contributed by atoms with Gasteiger partial charge in [-0.2, -0.15) is 11.8 Å². The Bertz CT molecular complexity index is 680. The van der Waals surface area contributed by atoms with Crippen LogP contribution in [0.5, 0.6) is 0 Å². The van der Waals surface area contributed by atoms with Crippen molar-refractivity contribution in [2.45, 2.75) is 6.04 Å². The van der Waals surface area contributed by atoms with Crippen LogP contribution in [0.1, 0.15) is 11.6 Å². The molecule has 1 atom stereocenters.